The Labute approximate surface area is 336 Å². The van der Waals surface area contributed by atoms with E-state index in [0.717, 1.165) is 32.2 Å². The summed E-state index contributed by atoms with van der Waals surface area (Å²) in [5.74, 6) is -0.175. The van der Waals surface area contributed by atoms with Crippen molar-refractivity contribution in [3.05, 3.63) is 0 Å². The molecule has 0 spiro atoms. The van der Waals surface area contributed by atoms with Gasteiger partial charge in [-0.2, -0.15) is 0 Å². The van der Waals surface area contributed by atoms with Crippen molar-refractivity contribution in [2.45, 2.75) is 251 Å². The molecular formula is C47H93NO6. The van der Waals surface area contributed by atoms with Gasteiger partial charge in [-0.05, 0) is 46.3 Å². The molecule has 7 heteroatoms. The van der Waals surface area contributed by atoms with Crippen LogP contribution < -0.4 is 0 Å². The Balaban J connectivity index is 2.69. The summed E-state index contributed by atoms with van der Waals surface area (Å²) in [5.41, 5.74) is 0. The van der Waals surface area contributed by atoms with Crippen molar-refractivity contribution in [1.82, 2.24) is 4.90 Å². The Bertz CT molecular complexity index is 781. The number of hydrogen-bond donors (Lipinski definition) is 0. The average Bonchev–Trinajstić information content (AvgIpc) is 3.49. The summed E-state index contributed by atoms with van der Waals surface area (Å²) in [4.78, 5) is 14.8. The first-order chi connectivity index (χ1) is 26.5. The minimum atomic E-state index is -0.498. The molecular weight excluding hydrogens is 675 g/mol. The first-order valence-corrected chi connectivity index (χ1v) is 23.8. The van der Waals surface area contributed by atoms with Crippen molar-refractivity contribution in [3.8, 4) is 0 Å². The van der Waals surface area contributed by atoms with E-state index in [4.69, 9.17) is 23.7 Å². The highest BCUT2D eigenvalue weighted by atomic mass is 16.7. The van der Waals surface area contributed by atoms with Crippen LogP contribution in [-0.2, 0) is 28.5 Å². The van der Waals surface area contributed by atoms with E-state index >= 15 is 0 Å². The molecule has 1 aliphatic rings. The fourth-order valence-electron chi connectivity index (χ4n) is 7.53. The van der Waals surface area contributed by atoms with Gasteiger partial charge < -0.3 is 28.6 Å². The van der Waals surface area contributed by atoms with E-state index < -0.39 is 6.29 Å². The Morgan fingerprint density at radius 1 is 0.463 bits per heavy atom. The molecule has 1 unspecified atom stereocenters. The van der Waals surface area contributed by atoms with Crippen LogP contribution in [0.25, 0.3) is 0 Å². The maximum Gasteiger partial charge on any atom is 0.305 e. The normalized spacial score (nSPS) is 18.6. The monoisotopic (exact) mass is 768 g/mol. The van der Waals surface area contributed by atoms with Crippen molar-refractivity contribution in [3.63, 3.8) is 0 Å². The van der Waals surface area contributed by atoms with Crippen molar-refractivity contribution in [2.75, 3.05) is 47.1 Å². The molecule has 1 heterocycles. The quantitative estimate of drug-likeness (QED) is 0.0452. The number of esters is 1. The summed E-state index contributed by atoms with van der Waals surface area (Å²) in [7, 11) is 4.06. The second-order valence-corrected chi connectivity index (χ2v) is 16.7. The molecule has 0 aromatic carbocycles. The number of unbranched alkanes of at least 4 members (excludes halogenated alkanes) is 27. The van der Waals surface area contributed by atoms with Crippen molar-refractivity contribution in [1.29, 1.82) is 0 Å². The van der Waals surface area contributed by atoms with Crippen LogP contribution in [0.4, 0.5) is 0 Å². The molecule has 322 valence electrons. The van der Waals surface area contributed by atoms with Crippen molar-refractivity contribution < 1.29 is 28.5 Å². The average molecular weight is 768 g/mol. The lowest BCUT2D eigenvalue weighted by molar-refractivity contribution is -0.184. The zero-order valence-corrected chi connectivity index (χ0v) is 36.9. The maximum atomic E-state index is 12.7. The maximum absolute atomic E-state index is 12.7. The van der Waals surface area contributed by atoms with Crippen LogP contribution in [0.1, 0.15) is 226 Å². The third-order valence-corrected chi connectivity index (χ3v) is 11.1. The summed E-state index contributed by atoms with van der Waals surface area (Å²) in [6.45, 7) is 9.89. The fourth-order valence-corrected chi connectivity index (χ4v) is 7.53. The predicted octanol–water partition coefficient (Wildman–Crippen LogP) is 13.1. The van der Waals surface area contributed by atoms with E-state index in [0.29, 0.717) is 26.2 Å². The van der Waals surface area contributed by atoms with E-state index in [-0.39, 0.29) is 30.9 Å². The number of carbonyl (C=O) groups is 1. The number of ether oxygens (including phenoxy) is 5. The molecule has 0 saturated carbocycles. The van der Waals surface area contributed by atoms with Gasteiger partial charge in [-0.15, -0.1) is 0 Å². The standard InChI is InChI=1S/C47H93NO6/c1-6-9-12-15-18-21-24-27-30-33-39-50-45-43(42-53-44(49)37-36-38-48(4)5)54-47(52-41-35-32-29-26-23-20-17-14-11-8-3)46(45)51-40-34-31-28-25-22-19-16-13-10-7-2/h43,45-47H,6-42H2,1-5H3/t43-,45?,46+,47-/m1/s1. The summed E-state index contributed by atoms with van der Waals surface area (Å²) >= 11 is 0. The van der Waals surface area contributed by atoms with Crippen LogP contribution in [0.15, 0.2) is 0 Å². The highest BCUT2D eigenvalue weighted by molar-refractivity contribution is 5.69. The van der Waals surface area contributed by atoms with Crippen molar-refractivity contribution >= 4 is 5.97 Å². The first-order valence-electron chi connectivity index (χ1n) is 23.8. The molecule has 1 rings (SSSR count). The first kappa shape index (κ1) is 51.3. The number of hydrogen-bond acceptors (Lipinski definition) is 7. The molecule has 0 N–H and O–H groups in total. The van der Waals surface area contributed by atoms with E-state index in [9.17, 15) is 4.79 Å². The molecule has 54 heavy (non-hydrogen) atoms. The van der Waals surface area contributed by atoms with Crippen LogP contribution >= 0.6 is 0 Å². The second-order valence-electron chi connectivity index (χ2n) is 16.7. The number of nitrogens with zero attached hydrogens (tertiary/aromatic N) is 1. The molecule has 0 amide bonds. The van der Waals surface area contributed by atoms with E-state index in [2.05, 4.69) is 25.7 Å². The van der Waals surface area contributed by atoms with Crippen LogP contribution in [0.5, 0.6) is 0 Å². The second kappa shape index (κ2) is 39.1. The Kier molecular flexibility index (Phi) is 37.1. The lowest BCUT2D eigenvalue weighted by atomic mass is 10.1. The fraction of sp³-hybridized carbons (Fsp3) is 0.979. The summed E-state index contributed by atoms with van der Waals surface area (Å²) in [6, 6.07) is 0. The smallest absolute Gasteiger partial charge is 0.305 e. The van der Waals surface area contributed by atoms with E-state index in [1.165, 1.54) is 173 Å². The largest absolute Gasteiger partial charge is 0.463 e. The molecule has 0 bridgehead atoms. The lowest BCUT2D eigenvalue weighted by Gasteiger charge is -2.25. The van der Waals surface area contributed by atoms with E-state index in [1.807, 2.05) is 14.1 Å². The summed E-state index contributed by atoms with van der Waals surface area (Å²) in [6.07, 6.45) is 38.5. The van der Waals surface area contributed by atoms with Crippen molar-refractivity contribution in [2.24, 2.45) is 0 Å². The highest BCUT2D eigenvalue weighted by Gasteiger charge is 2.47. The Morgan fingerprint density at radius 3 is 1.20 bits per heavy atom. The lowest BCUT2D eigenvalue weighted by Crippen LogP contribution is -2.40. The molecule has 1 saturated heterocycles. The zero-order chi connectivity index (χ0) is 39.2. The van der Waals surface area contributed by atoms with E-state index in [1.54, 1.807) is 0 Å². The third kappa shape index (κ3) is 30.4. The minimum Gasteiger partial charge on any atom is -0.463 e. The van der Waals surface area contributed by atoms with Gasteiger partial charge in [0, 0.05) is 26.2 Å². The molecule has 0 aromatic rings. The number of carbonyl (C=O) groups excluding carboxylic acids is 1. The predicted molar refractivity (Wildman–Crippen MR) is 228 cm³/mol. The van der Waals surface area contributed by atoms with Crippen LogP contribution in [-0.4, -0.2) is 82.5 Å². The van der Waals surface area contributed by atoms with Gasteiger partial charge >= 0.3 is 5.97 Å². The molecule has 1 fully saturated rings. The molecule has 0 radical (unpaired) electrons. The van der Waals surface area contributed by atoms with Gasteiger partial charge in [0.15, 0.2) is 6.29 Å². The van der Waals surface area contributed by atoms with Gasteiger partial charge in [-0.25, -0.2) is 0 Å². The third-order valence-electron chi connectivity index (χ3n) is 11.1. The van der Waals surface area contributed by atoms with Crippen LogP contribution in [0, 0.1) is 0 Å². The zero-order valence-electron chi connectivity index (χ0n) is 36.9. The van der Waals surface area contributed by atoms with Gasteiger partial charge in [0.25, 0.3) is 0 Å². The van der Waals surface area contributed by atoms with Gasteiger partial charge in [0.1, 0.15) is 24.9 Å². The molecule has 0 aliphatic carbocycles. The summed E-state index contributed by atoms with van der Waals surface area (Å²) in [5, 5.41) is 0. The Morgan fingerprint density at radius 2 is 0.815 bits per heavy atom. The summed E-state index contributed by atoms with van der Waals surface area (Å²) < 4.78 is 31.9. The number of rotatable bonds is 42. The van der Waals surface area contributed by atoms with Gasteiger partial charge in [0.2, 0.25) is 0 Å². The van der Waals surface area contributed by atoms with Gasteiger partial charge in [0.05, 0.1) is 0 Å². The topological polar surface area (TPSA) is 66.5 Å². The minimum absolute atomic E-state index is 0.175. The Hall–Kier alpha value is -0.730. The van der Waals surface area contributed by atoms with Gasteiger partial charge in [-0.1, -0.05) is 194 Å². The SMILES string of the molecule is CCCCCCCCCCCCOC1[C@@H](COC(=O)CCCN(C)C)O[C@@H](OCCCCCCCCCCCC)[C@H]1OCCCCCCCCCCCC. The molecule has 4 atom stereocenters. The van der Waals surface area contributed by atoms with Crippen LogP contribution in [0.3, 0.4) is 0 Å². The van der Waals surface area contributed by atoms with Crippen LogP contribution in [0.2, 0.25) is 0 Å². The highest BCUT2D eigenvalue weighted by Crippen LogP contribution is 2.29. The molecule has 0 aromatic heterocycles. The molecule has 1 aliphatic heterocycles. The molecule has 7 nitrogen and oxygen atoms in total. The van der Waals surface area contributed by atoms with Gasteiger partial charge in [-0.3, -0.25) is 4.79 Å².